The Kier molecular flexibility index (Phi) is 9.11. The highest BCUT2D eigenvalue weighted by atomic mass is 16.5. The van der Waals surface area contributed by atoms with Crippen molar-refractivity contribution in [2.45, 2.75) is 19.8 Å². The molecule has 124 valence electrons. The molecule has 1 aromatic carbocycles. The van der Waals surface area contributed by atoms with E-state index in [1.807, 2.05) is 11.0 Å². The standard InChI is InChI=1S/C19H21N3O2/c1-2-3-11-22(12-7-8-17(15-20)16-21)13-14-24-19(23)18-9-5-4-6-10-18/h4-10,12H,2-3,11,13-14H2,1H3. The Labute approximate surface area is 143 Å². The number of nitriles is 2. The average molecular weight is 323 g/mol. The predicted molar refractivity (Wildman–Crippen MR) is 91.7 cm³/mol. The fraction of sp³-hybridized carbons (Fsp3) is 0.316. The molecule has 0 aliphatic rings. The molecule has 0 saturated carbocycles. The minimum atomic E-state index is -0.342. The Morgan fingerprint density at radius 1 is 1.21 bits per heavy atom. The summed E-state index contributed by atoms with van der Waals surface area (Å²) in [7, 11) is 0. The van der Waals surface area contributed by atoms with Crippen LogP contribution in [-0.4, -0.2) is 30.6 Å². The molecule has 0 bridgehead atoms. The first-order valence-electron chi connectivity index (χ1n) is 7.86. The summed E-state index contributed by atoms with van der Waals surface area (Å²) in [5.41, 5.74) is 0.584. The Hall–Kier alpha value is -3.05. The molecule has 0 unspecified atom stereocenters. The van der Waals surface area contributed by atoms with Crippen LogP contribution in [0.1, 0.15) is 30.1 Å². The van der Waals surface area contributed by atoms with Crippen LogP contribution in [0.4, 0.5) is 0 Å². The van der Waals surface area contributed by atoms with Gasteiger partial charge in [0.2, 0.25) is 0 Å². The quantitative estimate of drug-likeness (QED) is 0.395. The lowest BCUT2D eigenvalue weighted by Crippen LogP contribution is -2.24. The van der Waals surface area contributed by atoms with Crippen molar-refractivity contribution in [3.05, 3.63) is 59.8 Å². The van der Waals surface area contributed by atoms with Gasteiger partial charge in [-0.15, -0.1) is 0 Å². The van der Waals surface area contributed by atoms with Crippen molar-refractivity contribution in [1.29, 1.82) is 10.5 Å². The lowest BCUT2D eigenvalue weighted by Gasteiger charge is -2.19. The van der Waals surface area contributed by atoms with Crippen LogP contribution in [-0.2, 0) is 4.74 Å². The summed E-state index contributed by atoms with van der Waals surface area (Å²) >= 11 is 0. The second-order valence-electron chi connectivity index (χ2n) is 5.04. The first kappa shape index (κ1) is 19.0. The van der Waals surface area contributed by atoms with Crippen molar-refractivity contribution in [1.82, 2.24) is 4.90 Å². The zero-order valence-electron chi connectivity index (χ0n) is 13.8. The second-order valence-corrected chi connectivity index (χ2v) is 5.04. The van der Waals surface area contributed by atoms with Gasteiger partial charge in [0.1, 0.15) is 24.3 Å². The van der Waals surface area contributed by atoms with Crippen LogP contribution in [0.3, 0.4) is 0 Å². The number of ether oxygens (including phenoxy) is 1. The number of nitrogens with zero attached hydrogens (tertiary/aromatic N) is 3. The second kappa shape index (κ2) is 11.5. The third-order valence-electron chi connectivity index (χ3n) is 3.22. The molecule has 0 aliphatic heterocycles. The topological polar surface area (TPSA) is 77.1 Å². The summed E-state index contributed by atoms with van der Waals surface area (Å²) in [6.45, 7) is 3.74. The zero-order valence-corrected chi connectivity index (χ0v) is 13.8. The Balaban J connectivity index is 2.53. The molecule has 0 aliphatic carbocycles. The predicted octanol–water partition coefficient (Wildman–Crippen LogP) is 3.43. The highest BCUT2D eigenvalue weighted by Crippen LogP contribution is 2.02. The van der Waals surface area contributed by atoms with E-state index < -0.39 is 0 Å². The van der Waals surface area contributed by atoms with E-state index in [2.05, 4.69) is 6.92 Å². The van der Waals surface area contributed by atoms with Crippen molar-refractivity contribution in [2.24, 2.45) is 0 Å². The summed E-state index contributed by atoms with van der Waals surface area (Å²) in [6, 6.07) is 12.5. The molecule has 0 amide bonds. The van der Waals surface area contributed by atoms with E-state index in [1.54, 1.807) is 48.7 Å². The van der Waals surface area contributed by atoms with Crippen molar-refractivity contribution < 1.29 is 9.53 Å². The van der Waals surface area contributed by atoms with Gasteiger partial charge in [0.05, 0.1) is 12.1 Å². The van der Waals surface area contributed by atoms with Crippen LogP contribution < -0.4 is 0 Å². The van der Waals surface area contributed by atoms with Crippen LogP contribution in [0, 0.1) is 22.7 Å². The number of allylic oxidation sites excluding steroid dienone is 3. The van der Waals surface area contributed by atoms with Crippen molar-refractivity contribution in [3.8, 4) is 12.1 Å². The molecular weight excluding hydrogens is 302 g/mol. The minimum absolute atomic E-state index is 0.0530. The SMILES string of the molecule is CCCCN(C=CC=C(C#N)C#N)CCOC(=O)c1ccccc1. The molecule has 24 heavy (non-hydrogen) atoms. The van der Waals surface area contributed by atoms with Gasteiger partial charge in [-0.25, -0.2) is 4.79 Å². The van der Waals surface area contributed by atoms with E-state index in [-0.39, 0.29) is 18.1 Å². The number of hydrogen-bond donors (Lipinski definition) is 0. The molecular formula is C19H21N3O2. The third kappa shape index (κ3) is 7.29. The van der Waals surface area contributed by atoms with Gasteiger partial charge in [-0.2, -0.15) is 10.5 Å². The normalized spacial score (nSPS) is 9.79. The number of hydrogen-bond acceptors (Lipinski definition) is 5. The van der Waals surface area contributed by atoms with Gasteiger partial charge in [0.25, 0.3) is 0 Å². The van der Waals surface area contributed by atoms with Crippen molar-refractivity contribution in [2.75, 3.05) is 19.7 Å². The Morgan fingerprint density at radius 2 is 1.92 bits per heavy atom. The average Bonchev–Trinajstić information content (AvgIpc) is 2.63. The molecule has 0 atom stereocenters. The van der Waals surface area contributed by atoms with Gasteiger partial charge in [-0.05, 0) is 36.9 Å². The van der Waals surface area contributed by atoms with Crippen LogP contribution in [0.15, 0.2) is 54.3 Å². The van der Waals surface area contributed by atoms with E-state index in [1.165, 1.54) is 6.08 Å². The van der Waals surface area contributed by atoms with Crippen LogP contribution in [0.5, 0.6) is 0 Å². The Morgan fingerprint density at radius 3 is 2.54 bits per heavy atom. The van der Waals surface area contributed by atoms with Gasteiger partial charge in [0.15, 0.2) is 0 Å². The van der Waals surface area contributed by atoms with Gasteiger partial charge < -0.3 is 9.64 Å². The number of rotatable bonds is 9. The van der Waals surface area contributed by atoms with Crippen molar-refractivity contribution in [3.63, 3.8) is 0 Å². The highest BCUT2D eigenvalue weighted by Gasteiger charge is 2.06. The number of unbranched alkanes of at least 4 members (excludes halogenated alkanes) is 1. The van der Waals surface area contributed by atoms with E-state index in [0.29, 0.717) is 12.1 Å². The fourth-order valence-electron chi connectivity index (χ4n) is 1.90. The molecule has 0 N–H and O–H groups in total. The Bertz CT molecular complexity index is 635. The van der Waals surface area contributed by atoms with Gasteiger partial charge >= 0.3 is 5.97 Å². The van der Waals surface area contributed by atoms with Crippen LogP contribution in [0.25, 0.3) is 0 Å². The van der Waals surface area contributed by atoms with E-state index in [0.717, 1.165) is 19.4 Å². The van der Waals surface area contributed by atoms with Gasteiger partial charge in [0, 0.05) is 6.54 Å². The van der Waals surface area contributed by atoms with E-state index in [9.17, 15) is 4.79 Å². The number of benzene rings is 1. The molecule has 0 aromatic heterocycles. The molecule has 0 spiro atoms. The maximum Gasteiger partial charge on any atom is 0.338 e. The summed E-state index contributed by atoms with van der Waals surface area (Å²) in [6.07, 6.45) is 6.99. The maximum absolute atomic E-state index is 11.9. The number of esters is 1. The summed E-state index contributed by atoms with van der Waals surface area (Å²) in [5.74, 6) is -0.342. The lowest BCUT2D eigenvalue weighted by atomic mass is 10.2. The molecule has 0 radical (unpaired) electrons. The minimum Gasteiger partial charge on any atom is -0.460 e. The molecule has 5 nitrogen and oxygen atoms in total. The smallest absolute Gasteiger partial charge is 0.338 e. The van der Waals surface area contributed by atoms with E-state index in [4.69, 9.17) is 15.3 Å². The van der Waals surface area contributed by atoms with Gasteiger partial charge in [-0.1, -0.05) is 31.5 Å². The molecule has 5 heteroatoms. The lowest BCUT2D eigenvalue weighted by molar-refractivity contribution is 0.0480. The maximum atomic E-state index is 11.9. The molecule has 1 aromatic rings. The van der Waals surface area contributed by atoms with Crippen LogP contribution >= 0.6 is 0 Å². The van der Waals surface area contributed by atoms with Crippen molar-refractivity contribution >= 4 is 5.97 Å². The molecule has 0 fully saturated rings. The monoisotopic (exact) mass is 323 g/mol. The highest BCUT2D eigenvalue weighted by molar-refractivity contribution is 5.89. The van der Waals surface area contributed by atoms with E-state index >= 15 is 0 Å². The molecule has 0 heterocycles. The van der Waals surface area contributed by atoms with Crippen LogP contribution in [0.2, 0.25) is 0 Å². The number of carbonyl (C=O) groups excluding carboxylic acids is 1. The number of carbonyl (C=O) groups is 1. The first-order valence-corrected chi connectivity index (χ1v) is 7.86. The zero-order chi connectivity index (χ0) is 17.6. The molecule has 1 rings (SSSR count). The summed E-state index contributed by atoms with van der Waals surface area (Å²) in [5, 5.41) is 17.4. The fourth-order valence-corrected chi connectivity index (χ4v) is 1.90. The first-order chi connectivity index (χ1) is 11.7. The molecule has 0 saturated heterocycles. The van der Waals surface area contributed by atoms with Gasteiger partial charge in [-0.3, -0.25) is 0 Å². The third-order valence-corrected chi connectivity index (χ3v) is 3.22. The summed E-state index contributed by atoms with van der Waals surface area (Å²) < 4.78 is 5.27. The largest absolute Gasteiger partial charge is 0.460 e. The summed E-state index contributed by atoms with van der Waals surface area (Å²) in [4.78, 5) is 13.9.